The van der Waals surface area contributed by atoms with Gasteiger partial charge in [0, 0.05) is 0 Å². The van der Waals surface area contributed by atoms with Crippen molar-refractivity contribution in [2.75, 3.05) is 19.8 Å². The molecule has 1 unspecified atom stereocenters. The van der Waals surface area contributed by atoms with Crippen LogP contribution in [-0.2, 0) is 23.7 Å². The Kier molecular flexibility index (Phi) is 9.54. The maximum atomic E-state index is 10.2. The lowest BCUT2D eigenvalue weighted by molar-refractivity contribution is -0.333. The van der Waals surface area contributed by atoms with E-state index >= 15 is 0 Å². The van der Waals surface area contributed by atoms with Crippen molar-refractivity contribution in [3.63, 3.8) is 0 Å². The van der Waals surface area contributed by atoms with Gasteiger partial charge in [0.1, 0.15) is 73.2 Å². The van der Waals surface area contributed by atoms with E-state index in [1.165, 1.54) is 0 Å². The molecule has 0 aliphatic carbocycles. The maximum Gasteiger partial charge on any atom is 0.186 e. The largest absolute Gasteiger partial charge is 0.394 e. The van der Waals surface area contributed by atoms with E-state index in [0.29, 0.717) is 0 Å². The minimum Gasteiger partial charge on any atom is -0.394 e. The third-order valence-electron chi connectivity index (χ3n) is 6.03. The number of aliphatic hydroxyl groups is 11. The highest BCUT2D eigenvalue weighted by Gasteiger charge is 2.49. The van der Waals surface area contributed by atoms with Gasteiger partial charge in [-0.2, -0.15) is 0 Å². The third kappa shape index (κ3) is 5.68. The van der Waals surface area contributed by atoms with Gasteiger partial charge in [-0.25, -0.2) is 0 Å². The summed E-state index contributed by atoms with van der Waals surface area (Å²) in [6.07, 6.45) is -24.1. The van der Waals surface area contributed by atoms with E-state index in [2.05, 4.69) is 0 Å². The van der Waals surface area contributed by atoms with E-state index in [4.69, 9.17) is 23.7 Å². The minimum absolute atomic E-state index is 0.571. The molecule has 3 rings (SSSR count). The Morgan fingerprint density at radius 1 is 0.588 bits per heavy atom. The molecule has 0 aromatic heterocycles. The zero-order chi connectivity index (χ0) is 25.3. The Balaban J connectivity index is 1.56. The Morgan fingerprint density at radius 2 is 1.12 bits per heavy atom. The van der Waals surface area contributed by atoms with Crippen molar-refractivity contribution in [3.05, 3.63) is 0 Å². The molecule has 34 heavy (non-hydrogen) atoms. The molecule has 16 heteroatoms. The molecular formula is C18H32O16. The van der Waals surface area contributed by atoms with Crippen molar-refractivity contribution < 1.29 is 79.9 Å². The standard InChI is InChI=1S/C18H32O16/c19-1-5-7(21)9(23)13(27)18(32-5)31-3-6-8(22)10(24)14(28)17(33-6)30-2-4(20)15-11(25)12(26)16(29)34-15/h4-29H,1-3H2/t4-,5-,6-,7-,8-,9+,10+,11-,12-,13-,14-,15-,16?,17+,18+/m1/s1. The van der Waals surface area contributed by atoms with Crippen LogP contribution in [0, 0.1) is 0 Å². The van der Waals surface area contributed by atoms with Crippen LogP contribution in [0.15, 0.2) is 0 Å². The molecule has 0 amide bonds. The van der Waals surface area contributed by atoms with Crippen LogP contribution in [0.2, 0.25) is 0 Å². The summed E-state index contributed by atoms with van der Waals surface area (Å²) in [5.41, 5.74) is 0. The predicted molar refractivity (Wildman–Crippen MR) is 101 cm³/mol. The molecule has 3 saturated heterocycles. The van der Waals surface area contributed by atoms with Crippen LogP contribution in [0.4, 0.5) is 0 Å². The normalized spacial score (nSPS) is 50.9. The molecule has 3 aliphatic rings. The van der Waals surface area contributed by atoms with Gasteiger partial charge in [0.05, 0.1) is 19.8 Å². The SMILES string of the molecule is OC[C@H]1O[C@H](OC[C@H]2O[C@H](OC[C@@H](O)[C@H]3OC(O)[C@H](O)[C@H]3O)[C@H](O)[C@@H](O)[C@@H]2O)[C@H](O)[C@@H](O)[C@@H]1O. The molecule has 3 fully saturated rings. The number of ether oxygens (including phenoxy) is 5. The van der Waals surface area contributed by atoms with Crippen LogP contribution >= 0.6 is 0 Å². The van der Waals surface area contributed by atoms with E-state index in [0.717, 1.165) is 0 Å². The Bertz CT molecular complexity index is 639. The summed E-state index contributed by atoms with van der Waals surface area (Å²) < 4.78 is 25.9. The lowest BCUT2D eigenvalue weighted by Gasteiger charge is -2.42. The van der Waals surface area contributed by atoms with E-state index in [1.54, 1.807) is 0 Å². The van der Waals surface area contributed by atoms with E-state index in [1.807, 2.05) is 0 Å². The zero-order valence-corrected chi connectivity index (χ0v) is 17.7. The van der Waals surface area contributed by atoms with Gasteiger partial charge in [-0.15, -0.1) is 0 Å². The summed E-state index contributed by atoms with van der Waals surface area (Å²) in [5, 5.41) is 108. The van der Waals surface area contributed by atoms with Gasteiger partial charge < -0.3 is 79.9 Å². The van der Waals surface area contributed by atoms with Crippen molar-refractivity contribution in [2.24, 2.45) is 0 Å². The van der Waals surface area contributed by atoms with E-state index in [9.17, 15) is 56.2 Å². The van der Waals surface area contributed by atoms with Gasteiger partial charge >= 0.3 is 0 Å². The van der Waals surface area contributed by atoms with Crippen molar-refractivity contribution in [1.29, 1.82) is 0 Å². The zero-order valence-electron chi connectivity index (χ0n) is 17.7. The van der Waals surface area contributed by atoms with Crippen molar-refractivity contribution in [1.82, 2.24) is 0 Å². The first-order valence-corrected chi connectivity index (χ1v) is 10.6. The van der Waals surface area contributed by atoms with Gasteiger partial charge in [0.25, 0.3) is 0 Å². The Labute approximate surface area is 192 Å². The molecule has 0 radical (unpaired) electrons. The number of hydrogen-bond acceptors (Lipinski definition) is 16. The second kappa shape index (κ2) is 11.6. The molecule has 0 aromatic carbocycles. The fourth-order valence-corrected chi connectivity index (χ4v) is 3.88. The highest BCUT2D eigenvalue weighted by molar-refractivity contribution is 4.93. The monoisotopic (exact) mass is 504 g/mol. The summed E-state index contributed by atoms with van der Waals surface area (Å²) in [7, 11) is 0. The van der Waals surface area contributed by atoms with Gasteiger partial charge in [0.15, 0.2) is 18.9 Å². The molecule has 16 nitrogen and oxygen atoms in total. The fourth-order valence-electron chi connectivity index (χ4n) is 3.88. The van der Waals surface area contributed by atoms with Gasteiger partial charge in [-0.3, -0.25) is 0 Å². The predicted octanol–water partition coefficient (Wildman–Crippen LogP) is -7.57. The summed E-state index contributed by atoms with van der Waals surface area (Å²) >= 11 is 0. The van der Waals surface area contributed by atoms with Crippen LogP contribution in [0.3, 0.4) is 0 Å². The Morgan fingerprint density at radius 3 is 1.65 bits per heavy atom. The second-order valence-electron chi connectivity index (χ2n) is 8.42. The average molecular weight is 504 g/mol. The first-order chi connectivity index (χ1) is 16.0. The van der Waals surface area contributed by atoms with Crippen molar-refractivity contribution in [3.8, 4) is 0 Å². The van der Waals surface area contributed by atoms with Gasteiger partial charge in [-0.1, -0.05) is 0 Å². The molecule has 15 atom stereocenters. The summed E-state index contributed by atoms with van der Waals surface area (Å²) in [6.45, 7) is -1.91. The van der Waals surface area contributed by atoms with Crippen molar-refractivity contribution >= 4 is 0 Å². The van der Waals surface area contributed by atoms with Crippen LogP contribution in [0.5, 0.6) is 0 Å². The number of hydrogen-bond donors (Lipinski definition) is 11. The first-order valence-electron chi connectivity index (χ1n) is 10.6. The fraction of sp³-hybridized carbons (Fsp3) is 1.00. The van der Waals surface area contributed by atoms with E-state index in [-0.39, 0.29) is 0 Å². The highest BCUT2D eigenvalue weighted by Crippen LogP contribution is 2.27. The maximum absolute atomic E-state index is 10.2. The molecule has 0 aromatic rings. The van der Waals surface area contributed by atoms with Crippen LogP contribution in [-0.4, -0.2) is 168 Å². The Hall–Kier alpha value is -0.640. The minimum atomic E-state index is -1.80. The number of aliphatic hydroxyl groups excluding tert-OH is 11. The van der Waals surface area contributed by atoms with Crippen molar-refractivity contribution in [2.45, 2.75) is 92.1 Å². The molecule has 11 N–H and O–H groups in total. The smallest absolute Gasteiger partial charge is 0.186 e. The molecular weight excluding hydrogens is 472 g/mol. The highest BCUT2D eigenvalue weighted by atomic mass is 16.7. The van der Waals surface area contributed by atoms with Crippen LogP contribution < -0.4 is 0 Å². The number of rotatable bonds is 8. The molecule has 3 heterocycles. The molecule has 200 valence electrons. The quantitative estimate of drug-likeness (QED) is 0.146. The molecule has 0 bridgehead atoms. The molecule has 3 aliphatic heterocycles. The van der Waals surface area contributed by atoms with Gasteiger partial charge in [-0.05, 0) is 0 Å². The summed E-state index contributed by atoms with van der Waals surface area (Å²) in [5.74, 6) is 0. The summed E-state index contributed by atoms with van der Waals surface area (Å²) in [6, 6.07) is 0. The van der Waals surface area contributed by atoms with Crippen LogP contribution in [0.25, 0.3) is 0 Å². The van der Waals surface area contributed by atoms with Crippen LogP contribution in [0.1, 0.15) is 0 Å². The topological polar surface area (TPSA) is 269 Å². The van der Waals surface area contributed by atoms with Gasteiger partial charge in [0.2, 0.25) is 0 Å². The molecule has 0 saturated carbocycles. The second-order valence-corrected chi connectivity index (χ2v) is 8.42. The summed E-state index contributed by atoms with van der Waals surface area (Å²) in [4.78, 5) is 0. The lowest BCUT2D eigenvalue weighted by Crippen LogP contribution is -2.62. The third-order valence-corrected chi connectivity index (χ3v) is 6.03. The lowest BCUT2D eigenvalue weighted by atomic mass is 9.98. The molecule has 0 spiro atoms. The first kappa shape index (κ1) is 27.9. The van der Waals surface area contributed by atoms with E-state index < -0.39 is 112 Å². The average Bonchev–Trinajstić information content (AvgIpc) is 3.08.